The Morgan fingerprint density at radius 2 is 1.95 bits per heavy atom. The number of carboxylic acids is 1. The molecular formula is C15H15FN2O3S. The van der Waals surface area contributed by atoms with Gasteiger partial charge in [-0.05, 0) is 31.5 Å². The smallest absolute Gasteiger partial charge is 0.312 e. The van der Waals surface area contributed by atoms with E-state index in [-0.39, 0.29) is 12.5 Å². The van der Waals surface area contributed by atoms with Crippen LogP contribution >= 0.6 is 11.3 Å². The van der Waals surface area contributed by atoms with Crippen molar-refractivity contribution < 1.29 is 19.1 Å². The predicted octanol–water partition coefficient (Wildman–Crippen LogP) is 2.50. The number of amides is 1. The van der Waals surface area contributed by atoms with Crippen LogP contribution in [0.15, 0.2) is 24.3 Å². The van der Waals surface area contributed by atoms with E-state index in [2.05, 4.69) is 10.3 Å². The first-order valence-electron chi connectivity index (χ1n) is 6.59. The van der Waals surface area contributed by atoms with Crippen LogP contribution in [0.25, 0.3) is 0 Å². The number of aryl methyl sites for hydroxylation is 2. The normalized spacial score (nSPS) is 12.0. The molecule has 1 aromatic carbocycles. The highest BCUT2D eigenvalue weighted by Crippen LogP contribution is 2.19. The number of hydrogen-bond donors (Lipinski definition) is 2. The third kappa shape index (κ3) is 3.67. The van der Waals surface area contributed by atoms with Crippen molar-refractivity contribution >= 4 is 23.2 Å². The number of halogens is 1. The van der Waals surface area contributed by atoms with Crippen LogP contribution in [-0.2, 0) is 4.79 Å². The highest BCUT2D eigenvalue weighted by molar-refractivity contribution is 7.13. The van der Waals surface area contributed by atoms with Crippen LogP contribution in [0.5, 0.6) is 0 Å². The SMILES string of the molecule is Cc1nc(C)c(C(=O)NCC(C(=O)O)c2ccc(F)cc2)s1. The summed E-state index contributed by atoms with van der Waals surface area (Å²) in [5, 5.41) is 12.7. The van der Waals surface area contributed by atoms with Crippen molar-refractivity contribution in [3.05, 3.63) is 51.2 Å². The van der Waals surface area contributed by atoms with Gasteiger partial charge in [0.2, 0.25) is 0 Å². The van der Waals surface area contributed by atoms with E-state index in [0.717, 1.165) is 5.01 Å². The molecule has 0 aliphatic rings. The number of carbonyl (C=O) groups excluding carboxylic acids is 1. The lowest BCUT2D eigenvalue weighted by atomic mass is 9.99. The fraction of sp³-hybridized carbons (Fsp3) is 0.267. The maximum Gasteiger partial charge on any atom is 0.312 e. The van der Waals surface area contributed by atoms with Crippen molar-refractivity contribution in [1.29, 1.82) is 0 Å². The number of carbonyl (C=O) groups is 2. The van der Waals surface area contributed by atoms with Crippen LogP contribution in [0, 0.1) is 19.7 Å². The Kier molecular flexibility index (Phi) is 4.87. The summed E-state index contributed by atoms with van der Waals surface area (Å²) in [6, 6.07) is 5.21. The van der Waals surface area contributed by atoms with Crippen molar-refractivity contribution in [3.63, 3.8) is 0 Å². The minimum Gasteiger partial charge on any atom is -0.481 e. The number of benzene rings is 1. The number of aliphatic carboxylic acids is 1. The number of rotatable bonds is 5. The van der Waals surface area contributed by atoms with Crippen molar-refractivity contribution in [1.82, 2.24) is 10.3 Å². The highest BCUT2D eigenvalue weighted by atomic mass is 32.1. The molecule has 0 aliphatic carbocycles. The largest absolute Gasteiger partial charge is 0.481 e. The minimum absolute atomic E-state index is 0.0732. The quantitative estimate of drug-likeness (QED) is 0.886. The summed E-state index contributed by atoms with van der Waals surface area (Å²) in [7, 11) is 0. The third-order valence-corrected chi connectivity index (χ3v) is 4.22. The maximum absolute atomic E-state index is 12.9. The summed E-state index contributed by atoms with van der Waals surface area (Å²) in [5.41, 5.74) is 1.06. The monoisotopic (exact) mass is 322 g/mol. The molecule has 1 aromatic heterocycles. The first-order valence-corrected chi connectivity index (χ1v) is 7.40. The number of carboxylic acid groups (broad SMARTS) is 1. The molecule has 1 amide bonds. The van der Waals surface area contributed by atoms with Crippen LogP contribution in [0.3, 0.4) is 0 Å². The van der Waals surface area contributed by atoms with Crippen LogP contribution in [0.4, 0.5) is 4.39 Å². The van der Waals surface area contributed by atoms with Gasteiger partial charge in [0, 0.05) is 6.54 Å². The Bertz CT molecular complexity index is 697. The molecule has 2 rings (SSSR count). The van der Waals surface area contributed by atoms with Gasteiger partial charge in [0.05, 0.1) is 16.6 Å². The van der Waals surface area contributed by atoms with Crippen molar-refractivity contribution in [2.24, 2.45) is 0 Å². The molecule has 0 fully saturated rings. The zero-order chi connectivity index (χ0) is 16.3. The van der Waals surface area contributed by atoms with Gasteiger partial charge < -0.3 is 10.4 Å². The first kappa shape index (κ1) is 16.1. The Balaban J connectivity index is 2.09. The average Bonchev–Trinajstić information content (AvgIpc) is 2.79. The number of nitrogens with one attached hydrogen (secondary N) is 1. The average molecular weight is 322 g/mol. The third-order valence-electron chi connectivity index (χ3n) is 3.15. The Morgan fingerprint density at radius 3 is 2.45 bits per heavy atom. The molecule has 22 heavy (non-hydrogen) atoms. The van der Waals surface area contributed by atoms with Gasteiger partial charge in [-0.2, -0.15) is 0 Å². The molecular weight excluding hydrogens is 307 g/mol. The summed E-state index contributed by atoms with van der Waals surface area (Å²) < 4.78 is 12.9. The van der Waals surface area contributed by atoms with E-state index in [1.165, 1.54) is 35.6 Å². The summed E-state index contributed by atoms with van der Waals surface area (Å²) in [5.74, 6) is -2.80. The summed E-state index contributed by atoms with van der Waals surface area (Å²) >= 11 is 1.26. The van der Waals surface area contributed by atoms with E-state index < -0.39 is 17.7 Å². The molecule has 116 valence electrons. The van der Waals surface area contributed by atoms with Gasteiger partial charge in [-0.1, -0.05) is 12.1 Å². The van der Waals surface area contributed by atoms with Gasteiger partial charge in [0.25, 0.3) is 5.91 Å². The molecule has 1 unspecified atom stereocenters. The van der Waals surface area contributed by atoms with Gasteiger partial charge in [-0.15, -0.1) is 11.3 Å². The second-order valence-corrected chi connectivity index (χ2v) is 6.00. The van der Waals surface area contributed by atoms with Crippen LogP contribution in [0.1, 0.15) is 31.9 Å². The van der Waals surface area contributed by atoms with Gasteiger partial charge in [-0.25, -0.2) is 9.37 Å². The Morgan fingerprint density at radius 1 is 1.32 bits per heavy atom. The summed E-state index contributed by atoms with van der Waals surface area (Å²) in [6.07, 6.45) is 0. The van der Waals surface area contributed by atoms with Crippen molar-refractivity contribution in [2.45, 2.75) is 19.8 Å². The van der Waals surface area contributed by atoms with E-state index >= 15 is 0 Å². The number of thiazole rings is 1. The van der Waals surface area contributed by atoms with Crippen molar-refractivity contribution in [3.8, 4) is 0 Å². The minimum atomic E-state index is -1.08. The Hall–Kier alpha value is -2.28. The van der Waals surface area contributed by atoms with E-state index in [1.807, 2.05) is 0 Å². The molecule has 0 spiro atoms. The number of hydrogen-bond acceptors (Lipinski definition) is 4. The zero-order valence-electron chi connectivity index (χ0n) is 12.1. The lowest BCUT2D eigenvalue weighted by Crippen LogP contribution is -2.31. The predicted molar refractivity (Wildman–Crippen MR) is 80.7 cm³/mol. The van der Waals surface area contributed by atoms with E-state index in [0.29, 0.717) is 16.1 Å². The zero-order valence-corrected chi connectivity index (χ0v) is 12.9. The number of aromatic nitrogens is 1. The van der Waals surface area contributed by atoms with Crippen molar-refractivity contribution in [2.75, 3.05) is 6.54 Å². The number of nitrogens with zero attached hydrogens (tertiary/aromatic N) is 1. The fourth-order valence-electron chi connectivity index (χ4n) is 2.06. The van der Waals surface area contributed by atoms with Crippen LogP contribution < -0.4 is 5.32 Å². The molecule has 1 heterocycles. The maximum atomic E-state index is 12.9. The lowest BCUT2D eigenvalue weighted by Gasteiger charge is -2.13. The topological polar surface area (TPSA) is 79.3 Å². The van der Waals surface area contributed by atoms with Gasteiger partial charge in [0.1, 0.15) is 10.7 Å². The van der Waals surface area contributed by atoms with E-state index in [1.54, 1.807) is 13.8 Å². The van der Waals surface area contributed by atoms with Gasteiger partial charge >= 0.3 is 5.97 Å². The molecule has 7 heteroatoms. The molecule has 0 bridgehead atoms. The molecule has 0 radical (unpaired) electrons. The Labute approximate surface area is 130 Å². The molecule has 5 nitrogen and oxygen atoms in total. The molecule has 0 aliphatic heterocycles. The molecule has 0 saturated carbocycles. The molecule has 0 saturated heterocycles. The van der Waals surface area contributed by atoms with E-state index in [4.69, 9.17) is 0 Å². The highest BCUT2D eigenvalue weighted by Gasteiger charge is 2.22. The molecule has 1 atom stereocenters. The molecule has 2 N–H and O–H groups in total. The standard InChI is InChI=1S/C15H15FN2O3S/c1-8-13(22-9(2)18-8)14(19)17-7-12(15(20)21)10-3-5-11(16)6-4-10/h3-6,12H,7H2,1-2H3,(H,17,19)(H,20,21). The van der Waals surface area contributed by atoms with Gasteiger partial charge in [0.15, 0.2) is 0 Å². The second-order valence-electron chi connectivity index (χ2n) is 4.80. The lowest BCUT2D eigenvalue weighted by molar-refractivity contribution is -0.138. The van der Waals surface area contributed by atoms with Crippen LogP contribution in [0.2, 0.25) is 0 Å². The summed E-state index contributed by atoms with van der Waals surface area (Å²) in [6.45, 7) is 3.45. The molecule has 2 aromatic rings. The fourth-order valence-corrected chi connectivity index (χ4v) is 2.90. The van der Waals surface area contributed by atoms with Gasteiger partial charge in [-0.3, -0.25) is 9.59 Å². The second kappa shape index (κ2) is 6.65. The first-order chi connectivity index (χ1) is 10.4. The van der Waals surface area contributed by atoms with E-state index in [9.17, 15) is 19.1 Å². The summed E-state index contributed by atoms with van der Waals surface area (Å²) in [4.78, 5) is 28.1. The van der Waals surface area contributed by atoms with Crippen LogP contribution in [-0.4, -0.2) is 28.5 Å².